The van der Waals surface area contributed by atoms with Gasteiger partial charge in [-0.05, 0) is 30.3 Å². The second-order valence-corrected chi connectivity index (χ2v) is 5.67. The minimum absolute atomic E-state index is 0.0434. The van der Waals surface area contributed by atoms with Gasteiger partial charge in [0.15, 0.2) is 0 Å². The second kappa shape index (κ2) is 5.39. The van der Waals surface area contributed by atoms with Crippen LogP contribution >= 0.6 is 11.6 Å². The number of rotatable bonds is 2. The summed E-state index contributed by atoms with van der Waals surface area (Å²) in [5, 5.41) is 13.4. The number of ether oxygens (including phenoxy) is 1. The van der Waals surface area contributed by atoms with Gasteiger partial charge in [0.05, 0.1) is 12.7 Å². The number of methoxy groups -OCH3 is 1. The van der Waals surface area contributed by atoms with Crippen molar-refractivity contribution in [2.24, 2.45) is 0 Å². The molecule has 4 nitrogen and oxygen atoms in total. The number of hydrogen-bond acceptors (Lipinski definition) is 3. The number of alkyl halides is 3. The molecule has 0 bridgehead atoms. The molecule has 0 aromatic heterocycles. The normalized spacial score (nSPS) is 19.8. The number of nitrogens with one attached hydrogen (secondary N) is 1. The molecule has 1 amide bonds. The van der Waals surface area contributed by atoms with E-state index in [-0.39, 0.29) is 22.0 Å². The fraction of sp³-hybridized carbons (Fsp3) is 0.188. The molecule has 2 aromatic rings. The summed E-state index contributed by atoms with van der Waals surface area (Å²) in [5.41, 5.74) is -4.52. The van der Waals surface area contributed by atoms with Crippen molar-refractivity contribution < 1.29 is 27.8 Å². The molecule has 1 unspecified atom stereocenters. The Labute approximate surface area is 139 Å². The summed E-state index contributed by atoms with van der Waals surface area (Å²) in [7, 11) is 1.28. The lowest BCUT2D eigenvalue weighted by Crippen LogP contribution is -2.37. The molecule has 24 heavy (non-hydrogen) atoms. The Morgan fingerprint density at radius 1 is 1.25 bits per heavy atom. The fourth-order valence-electron chi connectivity index (χ4n) is 2.83. The van der Waals surface area contributed by atoms with Gasteiger partial charge in [-0.2, -0.15) is 13.2 Å². The van der Waals surface area contributed by atoms with Gasteiger partial charge in [-0.15, -0.1) is 0 Å². The van der Waals surface area contributed by atoms with E-state index in [4.69, 9.17) is 16.3 Å². The fourth-order valence-corrected chi connectivity index (χ4v) is 3.00. The average molecular weight is 358 g/mol. The average Bonchev–Trinajstić information content (AvgIpc) is 2.78. The first-order valence-corrected chi connectivity index (χ1v) is 7.16. The van der Waals surface area contributed by atoms with Gasteiger partial charge in [0.25, 0.3) is 5.91 Å². The van der Waals surface area contributed by atoms with E-state index in [0.29, 0.717) is 0 Å². The highest BCUT2D eigenvalue weighted by Crippen LogP contribution is 2.49. The standard InChI is InChI=1S/C16H11ClF3NO3/c1-24-12-6-5-8(17)7-10(12)15(23)13-9(16(18,19)20)3-2-4-11(13)21-14(15)22/h2-7,23H,1H3,(H,21,22). The van der Waals surface area contributed by atoms with Gasteiger partial charge in [-0.3, -0.25) is 4.79 Å². The van der Waals surface area contributed by atoms with Gasteiger partial charge in [-0.1, -0.05) is 17.7 Å². The summed E-state index contributed by atoms with van der Waals surface area (Å²) in [6.45, 7) is 0. The lowest BCUT2D eigenvalue weighted by atomic mass is 9.84. The predicted octanol–water partition coefficient (Wildman–Crippen LogP) is 3.56. The van der Waals surface area contributed by atoms with Crippen LogP contribution in [-0.2, 0) is 16.6 Å². The number of amides is 1. The van der Waals surface area contributed by atoms with E-state index >= 15 is 0 Å². The van der Waals surface area contributed by atoms with E-state index in [1.807, 2.05) is 0 Å². The molecule has 1 heterocycles. The van der Waals surface area contributed by atoms with Crippen molar-refractivity contribution in [3.63, 3.8) is 0 Å². The Hall–Kier alpha value is -2.25. The first-order valence-electron chi connectivity index (χ1n) is 6.78. The molecule has 1 atom stereocenters. The molecule has 2 N–H and O–H groups in total. The number of halogens is 4. The smallest absolute Gasteiger partial charge is 0.416 e. The zero-order chi connectivity index (χ0) is 17.7. The van der Waals surface area contributed by atoms with Crippen LogP contribution in [0.2, 0.25) is 5.02 Å². The molecule has 0 radical (unpaired) electrons. The third-order valence-corrected chi connectivity index (χ3v) is 4.09. The molecule has 126 valence electrons. The molecule has 3 rings (SSSR count). The van der Waals surface area contributed by atoms with Crippen LogP contribution in [0.15, 0.2) is 36.4 Å². The molecule has 0 fully saturated rings. The Kier molecular flexibility index (Phi) is 3.73. The molecule has 2 aromatic carbocycles. The Morgan fingerprint density at radius 2 is 1.96 bits per heavy atom. The van der Waals surface area contributed by atoms with E-state index in [1.54, 1.807) is 0 Å². The minimum Gasteiger partial charge on any atom is -0.496 e. The highest BCUT2D eigenvalue weighted by molar-refractivity contribution is 6.30. The number of hydrogen-bond donors (Lipinski definition) is 2. The number of aliphatic hydroxyl groups is 1. The highest BCUT2D eigenvalue weighted by Gasteiger charge is 2.53. The first-order chi connectivity index (χ1) is 11.2. The zero-order valence-corrected chi connectivity index (χ0v) is 13.0. The minimum atomic E-state index is -4.75. The quantitative estimate of drug-likeness (QED) is 0.864. The highest BCUT2D eigenvalue weighted by atomic mass is 35.5. The number of carbonyl (C=O) groups excluding carboxylic acids is 1. The van der Waals surface area contributed by atoms with Crippen LogP contribution < -0.4 is 10.1 Å². The SMILES string of the molecule is COc1ccc(Cl)cc1C1(O)C(=O)Nc2cccc(C(F)(F)F)c21. The van der Waals surface area contributed by atoms with Crippen LogP contribution in [0.5, 0.6) is 5.75 Å². The largest absolute Gasteiger partial charge is 0.496 e. The van der Waals surface area contributed by atoms with Gasteiger partial charge in [0.1, 0.15) is 5.75 Å². The van der Waals surface area contributed by atoms with E-state index < -0.39 is 28.8 Å². The van der Waals surface area contributed by atoms with Gasteiger partial charge in [0.2, 0.25) is 5.60 Å². The first kappa shape index (κ1) is 16.6. The Bertz CT molecular complexity index is 838. The van der Waals surface area contributed by atoms with Crippen LogP contribution in [0, 0.1) is 0 Å². The molecular weight excluding hydrogens is 347 g/mol. The van der Waals surface area contributed by atoms with Crippen molar-refractivity contribution in [3.8, 4) is 5.75 Å². The number of benzene rings is 2. The van der Waals surface area contributed by atoms with Gasteiger partial charge >= 0.3 is 6.18 Å². The van der Waals surface area contributed by atoms with Crippen molar-refractivity contribution >= 4 is 23.2 Å². The maximum absolute atomic E-state index is 13.4. The van der Waals surface area contributed by atoms with Gasteiger partial charge < -0.3 is 15.2 Å². The zero-order valence-electron chi connectivity index (χ0n) is 12.2. The van der Waals surface area contributed by atoms with E-state index in [0.717, 1.165) is 12.1 Å². The number of anilines is 1. The van der Waals surface area contributed by atoms with Crippen LogP contribution in [0.3, 0.4) is 0 Å². The van der Waals surface area contributed by atoms with E-state index in [1.165, 1.54) is 31.4 Å². The van der Waals surface area contributed by atoms with Crippen molar-refractivity contribution in [3.05, 3.63) is 58.1 Å². The van der Waals surface area contributed by atoms with Crippen molar-refractivity contribution in [2.45, 2.75) is 11.8 Å². The van der Waals surface area contributed by atoms with Crippen molar-refractivity contribution in [2.75, 3.05) is 12.4 Å². The van der Waals surface area contributed by atoms with Crippen LogP contribution in [0.25, 0.3) is 0 Å². The molecule has 0 saturated heterocycles. The van der Waals surface area contributed by atoms with Crippen molar-refractivity contribution in [1.29, 1.82) is 0 Å². The second-order valence-electron chi connectivity index (χ2n) is 5.24. The number of carbonyl (C=O) groups is 1. The van der Waals surface area contributed by atoms with E-state index in [2.05, 4.69) is 5.32 Å². The Morgan fingerprint density at radius 3 is 2.58 bits per heavy atom. The summed E-state index contributed by atoms with van der Waals surface area (Å²) in [6.07, 6.45) is -4.75. The molecular formula is C16H11ClF3NO3. The van der Waals surface area contributed by atoms with Gasteiger partial charge in [0, 0.05) is 21.8 Å². The van der Waals surface area contributed by atoms with Crippen LogP contribution in [0.4, 0.5) is 18.9 Å². The monoisotopic (exact) mass is 357 g/mol. The summed E-state index contributed by atoms with van der Waals surface area (Å²) in [5.74, 6) is -0.961. The third kappa shape index (κ3) is 2.32. The molecule has 1 aliphatic rings. The van der Waals surface area contributed by atoms with Gasteiger partial charge in [-0.25, -0.2) is 0 Å². The molecule has 1 aliphatic heterocycles. The summed E-state index contributed by atoms with van der Waals surface area (Å²) >= 11 is 5.90. The topological polar surface area (TPSA) is 58.6 Å². The molecule has 0 aliphatic carbocycles. The summed E-state index contributed by atoms with van der Waals surface area (Å²) < 4.78 is 45.2. The molecule has 0 spiro atoms. The van der Waals surface area contributed by atoms with Crippen molar-refractivity contribution in [1.82, 2.24) is 0 Å². The predicted molar refractivity (Wildman–Crippen MR) is 81.1 cm³/mol. The van der Waals surface area contributed by atoms with Crippen LogP contribution in [-0.4, -0.2) is 18.1 Å². The maximum Gasteiger partial charge on any atom is 0.416 e. The van der Waals surface area contributed by atoms with Crippen LogP contribution in [0.1, 0.15) is 16.7 Å². The lowest BCUT2D eigenvalue weighted by molar-refractivity contribution is -0.141. The molecule has 0 saturated carbocycles. The Balaban J connectivity index is 2.36. The molecule has 8 heteroatoms. The third-order valence-electron chi connectivity index (χ3n) is 3.86. The van der Waals surface area contributed by atoms with E-state index in [9.17, 15) is 23.1 Å². The number of fused-ring (bicyclic) bond motifs is 1. The maximum atomic E-state index is 13.4. The summed E-state index contributed by atoms with van der Waals surface area (Å²) in [4.78, 5) is 12.4. The lowest BCUT2D eigenvalue weighted by Gasteiger charge is -2.26. The summed E-state index contributed by atoms with van der Waals surface area (Å²) in [6, 6.07) is 7.28.